The second-order valence-corrected chi connectivity index (χ2v) is 5.64. The zero-order valence-corrected chi connectivity index (χ0v) is 13.1. The minimum absolute atomic E-state index is 0.260. The van der Waals surface area contributed by atoms with Gasteiger partial charge >= 0.3 is 0 Å². The van der Waals surface area contributed by atoms with E-state index in [2.05, 4.69) is 4.72 Å². The van der Waals surface area contributed by atoms with E-state index >= 15 is 0 Å². The molecular weight excluding hydrogens is 344 g/mol. The summed E-state index contributed by atoms with van der Waals surface area (Å²) >= 11 is 3.91. The molecule has 0 radical (unpaired) electrons. The summed E-state index contributed by atoms with van der Waals surface area (Å²) in [5.74, 6) is 0. The normalized spacial score (nSPS) is 13.1. The zero-order chi connectivity index (χ0) is 17.0. The van der Waals surface area contributed by atoms with Crippen molar-refractivity contribution in [2.45, 2.75) is 6.04 Å². The van der Waals surface area contributed by atoms with E-state index in [0.29, 0.717) is 21.8 Å². The number of rotatable bonds is 6. The maximum absolute atomic E-state index is 10.8. The van der Waals surface area contributed by atoms with Crippen LogP contribution in [0.15, 0.2) is 42.5 Å². The van der Waals surface area contributed by atoms with Gasteiger partial charge in [-0.25, -0.2) is 4.21 Å². The molecule has 0 bridgehead atoms. The summed E-state index contributed by atoms with van der Waals surface area (Å²) in [6, 6.07) is 9.40. The average molecular weight is 355 g/mol. The lowest BCUT2D eigenvalue weighted by molar-refractivity contribution is -0.511. The number of hydrogen-bond acceptors (Lipinski definition) is 4. The maximum atomic E-state index is 10.8. The van der Waals surface area contributed by atoms with Crippen molar-refractivity contribution in [2.75, 3.05) is 4.72 Å². The first-order valence-corrected chi connectivity index (χ1v) is 7.77. The Morgan fingerprint density at radius 1 is 1.26 bits per heavy atom. The molecule has 120 valence electrons. The summed E-state index contributed by atoms with van der Waals surface area (Å²) < 4.78 is 22.0. The van der Waals surface area contributed by atoms with Crippen molar-refractivity contribution >= 4 is 34.8 Å². The second kappa shape index (κ2) is 7.32. The first-order valence-electron chi connectivity index (χ1n) is 6.28. The summed E-state index contributed by atoms with van der Waals surface area (Å²) in [4.78, 5) is 20.9. The molecule has 2 aromatic rings. The minimum Gasteiger partial charge on any atom is -0.295 e. The van der Waals surface area contributed by atoms with E-state index in [1.165, 1.54) is 12.1 Å². The highest BCUT2D eigenvalue weighted by molar-refractivity contribution is 7.80. The van der Waals surface area contributed by atoms with Crippen LogP contribution in [-0.4, -0.2) is 20.0 Å². The predicted octanol–water partition coefficient (Wildman–Crippen LogP) is 3.07. The van der Waals surface area contributed by atoms with Gasteiger partial charge in [-0.3, -0.25) is 24.2 Å². The van der Waals surface area contributed by atoms with E-state index in [4.69, 9.17) is 16.2 Å². The Bertz CT molecular complexity index is 766. The van der Waals surface area contributed by atoms with E-state index < -0.39 is 22.2 Å². The van der Waals surface area contributed by atoms with Crippen LogP contribution in [0.2, 0.25) is 5.02 Å². The Hall–Kier alpha value is -2.29. The van der Waals surface area contributed by atoms with Crippen LogP contribution in [0.5, 0.6) is 0 Å². The van der Waals surface area contributed by atoms with Crippen molar-refractivity contribution in [2.24, 2.45) is 0 Å². The lowest BCUT2D eigenvalue weighted by atomic mass is 10.0. The molecule has 2 aromatic carbocycles. The van der Waals surface area contributed by atoms with E-state index in [9.17, 15) is 19.1 Å². The average Bonchev–Trinajstić information content (AvgIpc) is 2.50. The fourth-order valence-corrected chi connectivity index (χ4v) is 2.58. The molecular formula is C14H11ClN2O5S. The molecule has 9 heteroatoms. The standard InChI is InChI=1S/C14H11ClN2O5S/c15-13-6-5-11(16-23(21)22)7-12(13)9-1-3-10(4-2-9)14(8-18)17(19)20/h1-8,14,16H,(H,21,22). The molecule has 7 nitrogen and oxygen atoms in total. The molecule has 0 amide bonds. The Kier molecular flexibility index (Phi) is 5.43. The molecule has 0 fully saturated rings. The molecule has 2 atom stereocenters. The van der Waals surface area contributed by atoms with Crippen LogP contribution < -0.4 is 4.72 Å². The number of nitrogens with zero attached hydrogens (tertiary/aromatic N) is 1. The maximum Gasteiger partial charge on any atom is 0.292 e. The van der Waals surface area contributed by atoms with E-state index in [-0.39, 0.29) is 11.8 Å². The van der Waals surface area contributed by atoms with Crippen LogP contribution in [0.25, 0.3) is 11.1 Å². The summed E-state index contributed by atoms with van der Waals surface area (Å²) in [6.07, 6.45) is 0.267. The smallest absolute Gasteiger partial charge is 0.292 e. The van der Waals surface area contributed by atoms with Crippen LogP contribution in [0.4, 0.5) is 5.69 Å². The second-order valence-electron chi connectivity index (χ2n) is 4.53. The largest absolute Gasteiger partial charge is 0.295 e. The van der Waals surface area contributed by atoms with Crippen molar-refractivity contribution in [3.8, 4) is 11.1 Å². The van der Waals surface area contributed by atoms with Gasteiger partial charge in [0.25, 0.3) is 17.3 Å². The van der Waals surface area contributed by atoms with Crippen molar-refractivity contribution in [1.82, 2.24) is 0 Å². The molecule has 0 aliphatic heterocycles. The summed E-state index contributed by atoms with van der Waals surface area (Å²) in [7, 11) is 0. The van der Waals surface area contributed by atoms with Gasteiger partial charge < -0.3 is 0 Å². The number of nitrogens with one attached hydrogen (secondary N) is 1. The highest BCUT2D eigenvalue weighted by atomic mass is 35.5. The van der Waals surface area contributed by atoms with E-state index in [1.807, 2.05) is 0 Å². The number of halogens is 1. The lowest BCUT2D eigenvalue weighted by Crippen LogP contribution is -2.11. The van der Waals surface area contributed by atoms with Crippen LogP contribution >= 0.6 is 11.6 Å². The predicted molar refractivity (Wildman–Crippen MR) is 87.1 cm³/mol. The number of carbonyl (C=O) groups is 1. The number of aldehydes is 1. The fourth-order valence-electron chi connectivity index (χ4n) is 2.02. The van der Waals surface area contributed by atoms with Gasteiger partial charge in [-0.2, -0.15) is 0 Å². The number of carbonyl (C=O) groups excluding carboxylic acids is 1. The van der Waals surface area contributed by atoms with Gasteiger partial charge in [0, 0.05) is 26.8 Å². The Morgan fingerprint density at radius 3 is 2.43 bits per heavy atom. The topological polar surface area (TPSA) is 110 Å². The molecule has 0 heterocycles. The van der Waals surface area contributed by atoms with Gasteiger partial charge in [-0.05, 0) is 23.8 Å². The van der Waals surface area contributed by atoms with Gasteiger partial charge in [0.2, 0.25) is 0 Å². The van der Waals surface area contributed by atoms with Gasteiger partial charge in [0.15, 0.2) is 6.29 Å². The number of benzene rings is 2. The molecule has 2 unspecified atom stereocenters. The SMILES string of the molecule is O=CC(c1ccc(-c2cc(NS(=O)O)ccc2Cl)cc1)[N+](=O)[O-]. The third kappa shape index (κ3) is 4.13. The monoisotopic (exact) mass is 354 g/mol. The molecule has 0 saturated carbocycles. The summed E-state index contributed by atoms with van der Waals surface area (Å²) in [6.45, 7) is 0. The van der Waals surface area contributed by atoms with Crippen LogP contribution in [0.1, 0.15) is 11.6 Å². The highest BCUT2D eigenvalue weighted by Crippen LogP contribution is 2.31. The van der Waals surface area contributed by atoms with Gasteiger partial charge in [0.05, 0.1) is 0 Å². The van der Waals surface area contributed by atoms with Crippen molar-refractivity contribution in [1.29, 1.82) is 0 Å². The minimum atomic E-state index is -2.21. The summed E-state index contributed by atoms with van der Waals surface area (Å²) in [5.41, 5.74) is 1.89. The molecule has 0 aromatic heterocycles. The quantitative estimate of drug-likeness (QED) is 0.358. The van der Waals surface area contributed by atoms with Crippen molar-refractivity contribution in [3.63, 3.8) is 0 Å². The van der Waals surface area contributed by atoms with E-state index in [1.54, 1.807) is 30.3 Å². The van der Waals surface area contributed by atoms with Crippen LogP contribution in [0, 0.1) is 10.1 Å². The first kappa shape index (κ1) is 17.1. The molecule has 2 N–H and O–H groups in total. The van der Waals surface area contributed by atoms with E-state index in [0.717, 1.165) is 0 Å². The number of hydrogen-bond donors (Lipinski definition) is 2. The Labute approximate surface area is 138 Å². The first-order chi connectivity index (χ1) is 10.9. The molecule has 0 aliphatic rings. The van der Waals surface area contributed by atoms with Crippen LogP contribution in [-0.2, 0) is 16.1 Å². The molecule has 23 heavy (non-hydrogen) atoms. The van der Waals surface area contributed by atoms with Crippen LogP contribution in [0.3, 0.4) is 0 Å². The third-order valence-electron chi connectivity index (χ3n) is 3.09. The molecule has 0 aliphatic carbocycles. The molecule has 0 saturated heterocycles. The van der Waals surface area contributed by atoms with Crippen molar-refractivity contribution < 1.29 is 18.5 Å². The third-order valence-corrected chi connectivity index (χ3v) is 3.83. The lowest BCUT2D eigenvalue weighted by Gasteiger charge is -2.09. The highest BCUT2D eigenvalue weighted by Gasteiger charge is 2.21. The Morgan fingerprint density at radius 2 is 1.91 bits per heavy atom. The van der Waals surface area contributed by atoms with Crippen molar-refractivity contribution in [3.05, 3.63) is 63.2 Å². The van der Waals surface area contributed by atoms with Gasteiger partial charge in [-0.1, -0.05) is 35.9 Å². The Balaban J connectivity index is 2.37. The number of anilines is 1. The zero-order valence-electron chi connectivity index (χ0n) is 11.5. The number of nitro groups is 1. The molecule has 2 rings (SSSR count). The summed E-state index contributed by atoms with van der Waals surface area (Å²) in [5, 5.41) is 11.2. The molecule has 0 spiro atoms. The fraction of sp³-hybridized carbons (Fsp3) is 0.0714. The van der Waals surface area contributed by atoms with Gasteiger partial charge in [-0.15, -0.1) is 0 Å². The van der Waals surface area contributed by atoms with Gasteiger partial charge in [0.1, 0.15) is 0 Å².